The summed E-state index contributed by atoms with van der Waals surface area (Å²) in [6, 6.07) is 10.5. The largest absolute Gasteiger partial charge is 0.504 e. The molecule has 0 atom stereocenters. The van der Waals surface area contributed by atoms with E-state index in [1.165, 1.54) is 37.5 Å². The average molecular weight is 438 g/mol. The number of rotatable bonds is 4. The maximum atomic E-state index is 13.6. The molecule has 0 aliphatic heterocycles. The number of ether oxygens (including phenoxy) is 1. The van der Waals surface area contributed by atoms with Gasteiger partial charge in [0.05, 0.1) is 16.4 Å². The molecule has 0 bridgehead atoms. The van der Waals surface area contributed by atoms with Gasteiger partial charge >= 0.3 is 0 Å². The number of benzene rings is 2. The molecule has 2 aromatic carbocycles. The van der Waals surface area contributed by atoms with Crippen molar-refractivity contribution in [3.8, 4) is 17.6 Å². The molecular weight excluding hydrogens is 426 g/mol. The van der Waals surface area contributed by atoms with E-state index in [9.17, 15) is 19.6 Å². The fourth-order valence-corrected chi connectivity index (χ4v) is 2.53. The molecule has 0 aromatic heterocycles. The normalized spacial score (nSPS) is 10.8. The lowest BCUT2D eigenvalue weighted by atomic mass is 10.1. The first kappa shape index (κ1) is 17.7. The van der Waals surface area contributed by atoms with Crippen molar-refractivity contribution in [1.82, 2.24) is 0 Å². The minimum Gasteiger partial charge on any atom is -0.504 e. The van der Waals surface area contributed by atoms with Crippen molar-refractivity contribution < 1.29 is 19.0 Å². The number of phenols is 1. The predicted octanol–water partition coefficient (Wildman–Crippen LogP) is 3.69. The van der Waals surface area contributed by atoms with Crippen LogP contribution in [0.2, 0.25) is 0 Å². The molecule has 5 nitrogen and oxygen atoms in total. The summed E-state index contributed by atoms with van der Waals surface area (Å²) in [5.74, 6) is -1.13. The Labute approximate surface area is 151 Å². The molecule has 0 heterocycles. The van der Waals surface area contributed by atoms with Crippen LogP contribution in [0.5, 0.6) is 11.5 Å². The Morgan fingerprint density at radius 2 is 2.12 bits per heavy atom. The summed E-state index contributed by atoms with van der Waals surface area (Å²) in [5, 5.41) is 21.4. The second-order valence-corrected chi connectivity index (χ2v) is 5.82. The van der Waals surface area contributed by atoms with E-state index < -0.39 is 11.7 Å². The lowest BCUT2D eigenvalue weighted by Crippen LogP contribution is -2.14. The second kappa shape index (κ2) is 7.79. The molecule has 24 heavy (non-hydrogen) atoms. The number of para-hydroxylation sites is 1. The van der Waals surface area contributed by atoms with Gasteiger partial charge < -0.3 is 15.2 Å². The summed E-state index contributed by atoms with van der Waals surface area (Å²) in [6.45, 7) is 0. The minimum atomic E-state index is -0.732. The Morgan fingerprint density at radius 1 is 1.42 bits per heavy atom. The highest BCUT2D eigenvalue weighted by Gasteiger charge is 2.13. The fourth-order valence-electron chi connectivity index (χ4n) is 1.90. The summed E-state index contributed by atoms with van der Waals surface area (Å²) in [4.78, 5) is 12.2. The average Bonchev–Trinajstić information content (AvgIpc) is 2.57. The Hall–Kier alpha value is -2.60. The summed E-state index contributed by atoms with van der Waals surface area (Å²) in [6.07, 6.45) is 1.33. The van der Waals surface area contributed by atoms with E-state index in [2.05, 4.69) is 5.32 Å². The minimum absolute atomic E-state index is 0.0125. The first-order valence-electron chi connectivity index (χ1n) is 6.70. The number of amides is 1. The highest BCUT2D eigenvalue weighted by molar-refractivity contribution is 14.1. The van der Waals surface area contributed by atoms with Crippen LogP contribution in [-0.2, 0) is 4.79 Å². The topological polar surface area (TPSA) is 82.3 Å². The van der Waals surface area contributed by atoms with Crippen LogP contribution in [0.4, 0.5) is 10.1 Å². The molecule has 2 rings (SSSR count). The van der Waals surface area contributed by atoms with Crippen molar-refractivity contribution in [3.63, 3.8) is 0 Å². The van der Waals surface area contributed by atoms with Crippen molar-refractivity contribution in [2.45, 2.75) is 0 Å². The second-order valence-electron chi connectivity index (χ2n) is 4.66. The zero-order chi connectivity index (χ0) is 17.7. The molecule has 2 N–H and O–H groups in total. The number of anilines is 1. The Kier molecular flexibility index (Phi) is 5.76. The molecule has 0 radical (unpaired) electrons. The standard InChI is InChI=1S/C17H12FIN2O3/c1-24-15-8-10(7-13(19)16(15)22)6-11(9-20)17(23)21-14-5-3-2-4-12(14)18/h2-8,22H,1H3,(H,21,23)/b11-6+. The van der Waals surface area contributed by atoms with Crippen molar-refractivity contribution in [3.05, 3.63) is 56.9 Å². The number of phenolic OH excluding ortho intramolecular Hbond substituents is 1. The zero-order valence-corrected chi connectivity index (χ0v) is 14.7. The van der Waals surface area contributed by atoms with Crippen LogP contribution in [0, 0.1) is 20.7 Å². The lowest BCUT2D eigenvalue weighted by Gasteiger charge is -2.08. The van der Waals surface area contributed by atoms with Crippen LogP contribution in [0.25, 0.3) is 6.08 Å². The van der Waals surface area contributed by atoms with E-state index in [4.69, 9.17) is 4.74 Å². The molecular formula is C17H12FIN2O3. The Bertz CT molecular complexity index is 859. The molecule has 0 aliphatic carbocycles. The first-order chi connectivity index (χ1) is 11.5. The number of nitrogens with zero attached hydrogens (tertiary/aromatic N) is 1. The number of hydrogen-bond acceptors (Lipinski definition) is 4. The molecule has 0 spiro atoms. The fraction of sp³-hybridized carbons (Fsp3) is 0.0588. The van der Waals surface area contributed by atoms with Gasteiger partial charge in [0, 0.05) is 0 Å². The van der Waals surface area contributed by atoms with Crippen molar-refractivity contribution >= 4 is 40.3 Å². The van der Waals surface area contributed by atoms with Gasteiger partial charge in [-0.05, 0) is 58.5 Å². The number of aromatic hydroxyl groups is 1. The monoisotopic (exact) mass is 438 g/mol. The van der Waals surface area contributed by atoms with Gasteiger partial charge in [-0.1, -0.05) is 12.1 Å². The summed E-state index contributed by atoms with van der Waals surface area (Å²) >= 11 is 1.91. The van der Waals surface area contributed by atoms with Gasteiger partial charge in [-0.3, -0.25) is 4.79 Å². The van der Waals surface area contributed by atoms with Crippen LogP contribution in [-0.4, -0.2) is 18.1 Å². The molecule has 0 fully saturated rings. The molecule has 2 aromatic rings. The van der Waals surface area contributed by atoms with Crippen LogP contribution in [0.1, 0.15) is 5.56 Å². The van der Waals surface area contributed by atoms with Crippen molar-refractivity contribution in [1.29, 1.82) is 5.26 Å². The van der Waals surface area contributed by atoms with Crippen molar-refractivity contribution in [2.24, 2.45) is 0 Å². The number of methoxy groups -OCH3 is 1. The number of nitriles is 1. The van der Waals surface area contributed by atoms with Gasteiger partial charge in [0.2, 0.25) is 0 Å². The van der Waals surface area contributed by atoms with E-state index in [1.54, 1.807) is 18.2 Å². The molecule has 0 aliphatic rings. The summed E-state index contributed by atoms with van der Waals surface area (Å²) in [7, 11) is 1.40. The van der Waals surface area contributed by atoms with Gasteiger partial charge in [-0.25, -0.2) is 4.39 Å². The molecule has 0 saturated heterocycles. The molecule has 122 valence electrons. The van der Waals surface area contributed by atoms with Crippen molar-refractivity contribution in [2.75, 3.05) is 12.4 Å². The number of hydrogen-bond donors (Lipinski definition) is 2. The number of halogens is 2. The molecule has 1 amide bonds. The van der Waals surface area contributed by atoms with E-state index in [0.717, 1.165) is 0 Å². The predicted molar refractivity (Wildman–Crippen MR) is 96.0 cm³/mol. The van der Waals surface area contributed by atoms with Gasteiger partial charge in [-0.2, -0.15) is 5.26 Å². The third kappa shape index (κ3) is 4.02. The van der Waals surface area contributed by atoms with Gasteiger partial charge in [0.25, 0.3) is 5.91 Å². The zero-order valence-electron chi connectivity index (χ0n) is 12.5. The smallest absolute Gasteiger partial charge is 0.266 e. The van der Waals surface area contributed by atoms with Crippen LogP contribution in [0.15, 0.2) is 42.0 Å². The first-order valence-corrected chi connectivity index (χ1v) is 7.78. The highest BCUT2D eigenvalue weighted by Crippen LogP contribution is 2.33. The summed E-state index contributed by atoms with van der Waals surface area (Å²) < 4.78 is 19.1. The Morgan fingerprint density at radius 3 is 2.75 bits per heavy atom. The van der Waals surface area contributed by atoms with Gasteiger partial charge in [0.1, 0.15) is 17.5 Å². The molecule has 7 heteroatoms. The van der Waals surface area contributed by atoms with E-state index in [-0.39, 0.29) is 22.8 Å². The van der Waals surface area contributed by atoms with Crippen LogP contribution >= 0.6 is 22.6 Å². The maximum Gasteiger partial charge on any atom is 0.266 e. The van der Waals surface area contributed by atoms with Crippen LogP contribution < -0.4 is 10.1 Å². The van der Waals surface area contributed by atoms with E-state index >= 15 is 0 Å². The third-order valence-electron chi connectivity index (χ3n) is 3.07. The van der Waals surface area contributed by atoms with E-state index in [0.29, 0.717) is 9.13 Å². The lowest BCUT2D eigenvalue weighted by molar-refractivity contribution is -0.112. The SMILES string of the molecule is COc1cc(/C=C(\C#N)C(=O)Nc2ccccc2F)cc(I)c1O. The van der Waals surface area contributed by atoms with Crippen LogP contribution in [0.3, 0.4) is 0 Å². The number of nitrogens with one attached hydrogen (secondary N) is 1. The number of carbonyl (C=O) groups excluding carboxylic acids is 1. The van der Waals surface area contributed by atoms with E-state index in [1.807, 2.05) is 22.6 Å². The number of carbonyl (C=O) groups is 1. The highest BCUT2D eigenvalue weighted by atomic mass is 127. The molecule has 0 unspecified atom stereocenters. The van der Waals surface area contributed by atoms with Gasteiger partial charge in [0.15, 0.2) is 11.5 Å². The third-order valence-corrected chi connectivity index (χ3v) is 3.89. The molecule has 0 saturated carbocycles. The Balaban J connectivity index is 2.33. The quantitative estimate of drug-likeness (QED) is 0.434. The van der Waals surface area contributed by atoms with Gasteiger partial charge in [-0.15, -0.1) is 0 Å². The maximum absolute atomic E-state index is 13.6. The summed E-state index contributed by atoms with van der Waals surface area (Å²) in [5.41, 5.74) is 0.276.